The Morgan fingerprint density at radius 2 is 2.11 bits per heavy atom. The van der Waals surface area contributed by atoms with Crippen molar-refractivity contribution in [3.63, 3.8) is 0 Å². The van der Waals surface area contributed by atoms with Gasteiger partial charge in [0.05, 0.1) is 6.10 Å². The zero-order valence-electron chi connectivity index (χ0n) is 12.1. The first kappa shape index (κ1) is 15.4. The van der Waals surface area contributed by atoms with Crippen LogP contribution in [0.5, 0.6) is 0 Å². The number of ether oxygens (including phenoxy) is 1. The summed E-state index contributed by atoms with van der Waals surface area (Å²) in [5.41, 5.74) is 0. The number of hydrogen-bond acceptors (Lipinski definition) is 3. The molecule has 0 radical (unpaired) electrons. The molecule has 0 spiro atoms. The molecule has 18 heavy (non-hydrogen) atoms. The third-order valence-electron chi connectivity index (χ3n) is 3.82. The van der Waals surface area contributed by atoms with Crippen molar-refractivity contribution in [1.29, 1.82) is 0 Å². The maximum atomic E-state index is 12.0. The molecule has 1 N–H and O–H groups in total. The number of piperidine rings is 1. The summed E-state index contributed by atoms with van der Waals surface area (Å²) in [6.45, 7) is 8.13. The van der Waals surface area contributed by atoms with Crippen LogP contribution >= 0.6 is 0 Å². The minimum atomic E-state index is 0.181. The fourth-order valence-corrected chi connectivity index (χ4v) is 2.34. The van der Waals surface area contributed by atoms with E-state index < -0.39 is 0 Å². The molecule has 0 aromatic heterocycles. The van der Waals surface area contributed by atoms with Crippen LogP contribution < -0.4 is 5.32 Å². The van der Waals surface area contributed by atoms with Crippen molar-refractivity contribution in [2.24, 2.45) is 5.92 Å². The second kappa shape index (κ2) is 8.48. The van der Waals surface area contributed by atoms with Crippen LogP contribution in [0, 0.1) is 5.92 Å². The summed E-state index contributed by atoms with van der Waals surface area (Å²) >= 11 is 0. The summed E-state index contributed by atoms with van der Waals surface area (Å²) in [7, 11) is 1.70. The largest absolute Gasteiger partial charge is 0.382 e. The smallest absolute Gasteiger partial charge is 0.222 e. The molecule has 4 nitrogen and oxygen atoms in total. The average molecular weight is 256 g/mol. The molecule has 106 valence electrons. The maximum Gasteiger partial charge on any atom is 0.222 e. The van der Waals surface area contributed by atoms with Gasteiger partial charge in [0.1, 0.15) is 0 Å². The highest BCUT2D eigenvalue weighted by Crippen LogP contribution is 2.17. The van der Waals surface area contributed by atoms with Gasteiger partial charge in [0, 0.05) is 26.6 Å². The van der Waals surface area contributed by atoms with Crippen LogP contribution in [0.4, 0.5) is 0 Å². The average Bonchev–Trinajstić information content (AvgIpc) is 2.42. The van der Waals surface area contributed by atoms with Crippen molar-refractivity contribution in [3.05, 3.63) is 0 Å². The zero-order chi connectivity index (χ0) is 13.4. The van der Waals surface area contributed by atoms with Crippen LogP contribution in [0.25, 0.3) is 0 Å². The quantitative estimate of drug-likeness (QED) is 0.753. The predicted molar refractivity (Wildman–Crippen MR) is 73.6 cm³/mol. The standard InChI is InChI=1S/C14H28N2O2/c1-4-15-11-13-7-9-16(10-8-13)14(17)6-5-12(2)18-3/h12-13,15H,4-11H2,1-3H3. The zero-order valence-corrected chi connectivity index (χ0v) is 12.1. The van der Waals surface area contributed by atoms with Crippen molar-refractivity contribution in [2.75, 3.05) is 33.3 Å². The number of likely N-dealkylation sites (tertiary alicyclic amines) is 1. The van der Waals surface area contributed by atoms with Gasteiger partial charge in [0.15, 0.2) is 0 Å². The van der Waals surface area contributed by atoms with Crippen LogP contribution in [0.2, 0.25) is 0 Å². The number of nitrogens with one attached hydrogen (secondary N) is 1. The van der Waals surface area contributed by atoms with Gasteiger partial charge in [-0.15, -0.1) is 0 Å². The number of nitrogens with zero attached hydrogens (tertiary/aromatic N) is 1. The molecule has 0 bridgehead atoms. The molecule has 1 heterocycles. The lowest BCUT2D eigenvalue weighted by atomic mass is 9.96. The number of methoxy groups -OCH3 is 1. The fourth-order valence-electron chi connectivity index (χ4n) is 2.34. The van der Waals surface area contributed by atoms with Crippen molar-refractivity contribution < 1.29 is 9.53 Å². The third-order valence-corrected chi connectivity index (χ3v) is 3.82. The Bertz CT molecular complexity index is 238. The van der Waals surface area contributed by atoms with E-state index in [4.69, 9.17) is 4.74 Å². The summed E-state index contributed by atoms with van der Waals surface area (Å²) in [6.07, 6.45) is 3.90. The van der Waals surface area contributed by atoms with Crippen LogP contribution in [0.3, 0.4) is 0 Å². The number of hydrogen-bond donors (Lipinski definition) is 1. The minimum absolute atomic E-state index is 0.181. The lowest BCUT2D eigenvalue weighted by Gasteiger charge is -2.32. The fraction of sp³-hybridized carbons (Fsp3) is 0.929. The number of carbonyl (C=O) groups excluding carboxylic acids is 1. The van der Waals surface area contributed by atoms with E-state index in [1.807, 2.05) is 11.8 Å². The molecule has 0 aromatic rings. The molecular weight excluding hydrogens is 228 g/mol. The maximum absolute atomic E-state index is 12.0. The van der Waals surface area contributed by atoms with E-state index in [-0.39, 0.29) is 6.10 Å². The second-order valence-electron chi connectivity index (χ2n) is 5.22. The lowest BCUT2D eigenvalue weighted by Crippen LogP contribution is -2.40. The van der Waals surface area contributed by atoms with E-state index >= 15 is 0 Å². The first-order valence-corrected chi connectivity index (χ1v) is 7.18. The Balaban J connectivity index is 2.19. The molecule has 1 aliphatic rings. The Hall–Kier alpha value is -0.610. The predicted octanol–water partition coefficient (Wildman–Crippen LogP) is 1.65. The van der Waals surface area contributed by atoms with E-state index in [9.17, 15) is 4.79 Å². The van der Waals surface area contributed by atoms with Crippen molar-refractivity contribution in [1.82, 2.24) is 10.2 Å². The number of amides is 1. The molecule has 0 saturated carbocycles. The van der Waals surface area contributed by atoms with Gasteiger partial charge in [-0.2, -0.15) is 0 Å². The molecule has 1 fully saturated rings. The number of carbonyl (C=O) groups is 1. The lowest BCUT2D eigenvalue weighted by molar-refractivity contribution is -0.133. The van der Waals surface area contributed by atoms with E-state index in [2.05, 4.69) is 12.2 Å². The highest BCUT2D eigenvalue weighted by Gasteiger charge is 2.22. The van der Waals surface area contributed by atoms with Gasteiger partial charge in [-0.3, -0.25) is 4.79 Å². The van der Waals surface area contributed by atoms with Gasteiger partial charge < -0.3 is 15.0 Å². The van der Waals surface area contributed by atoms with Crippen molar-refractivity contribution in [3.8, 4) is 0 Å². The summed E-state index contributed by atoms with van der Waals surface area (Å²) in [4.78, 5) is 14.0. The van der Waals surface area contributed by atoms with E-state index in [1.165, 1.54) is 0 Å². The van der Waals surface area contributed by atoms with Crippen LogP contribution in [-0.4, -0.2) is 50.2 Å². The highest BCUT2D eigenvalue weighted by atomic mass is 16.5. The van der Waals surface area contributed by atoms with E-state index in [1.54, 1.807) is 7.11 Å². The molecule has 1 aliphatic heterocycles. The van der Waals surface area contributed by atoms with E-state index in [0.29, 0.717) is 12.3 Å². The molecule has 1 unspecified atom stereocenters. The summed E-state index contributed by atoms with van der Waals surface area (Å²) in [6, 6.07) is 0. The van der Waals surface area contributed by atoms with Crippen LogP contribution in [-0.2, 0) is 9.53 Å². The molecule has 1 rings (SSSR count). The Morgan fingerprint density at radius 1 is 1.44 bits per heavy atom. The highest BCUT2D eigenvalue weighted by molar-refractivity contribution is 5.76. The van der Waals surface area contributed by atoms with Gasteiger partial charge in [-0.05, 0) is 45.2 Å². The molecule has 0 aliphatic carbocycles. The minimum Gasteiger partial charge on any atom is -0.382 e. The monoisotopic (exact) mass is 256 g/mol. The van der Waals surface area contributed by atoms with Gasteiger partial charge in [0.25, 0.3) is 0 Å². The Morgan fingerprint density at radius 3 is 2.67 bits per heavy atom. The molecule has 1 saturated heterocycles. The molecule has 1 atom stereocenters. The van der Waals surface area contributed by atoms with Crippen LogP contribution in [0.15, 0.2) is 0 Å². The van der Waals surface area contributed by atoms with Gasteiger partial charge in [-0.1, -0.05) is 6.92 Å². The van der Waals surface area contributed by atoms with Crippen molar-refractivity contribution >= 4 is 5.91 Å². The first-order chi connectivity index (χ1) is 8.67. The summed E-state index contributed by atoms with van der Waals surface area (Å²) < 4.78 is 5.17. The van der Waals surface area contributed by atoms with Gasteiger partial charge in [0.2, 0.25) is 5.91 Å². The Labute approximate surface area is 111 Å². The summed E-state index contributed by atoms with van der Waals surface area (Å²) in [5.74, 6) is 1.03. The van der Waals surface area contributed by atoms with Gasteiger partial charge >= 0.3 is 0 Å². The molecular formula is C14H28N2O2. The van der Waals surface area contributed by atoms with Gasteiger partial charge in [-0.25, -0.2) is 0 Å². The molecule has 4 heteroatoms. The van der Waals surface area contributed by atoms with E-state index in [0.717, 1.165) is 51.4 Å². The normalized spacial score (nSPS) is 18.9. The number of rotatable bonds is 7. The topological polar surface area (TPSA) is 41.6 Å². The van der Waals surface area contributed by atoms with Crippen LogP contribution in [0.1, 0.15) is 39.5 Å². The summed E-state index contributed by atoms with van der Waals surface area (Å²) in [5, 5.41) is 3.39. The molecule has 1 amide bonds. The molecule has 0 aromatic carbocycles. The van der Waals surface area contributed by atoms with Crippen molar-refractivity contribution in [2.45, 2.75) is 45.6 Å². The Kier molecular flexibility index (Phi) is 7.28. The first-order valence-electron chi connectivity index (χ1n) is 7.18. The third kappa shape index (κ3) is 5.36. The SMILES string of the molecule is CCNCC1CCN(C(=O)CCC(C)OC)CC1. The second-order valence-corrected chi connectivity index (χ2v) is 5.22.